The standard InChI is InChI=1S/C21H30O14/c1-7-4-10(24)21(35-20-17(30)15(28)13(26)9(6-23)33-20)2-3-31-18(11(7)21)34-19-16(29)14(27)12(25)8(5-22)32-19/h2-4,8-9,11-20,22-23,25-30H,5-6H2,1H3/t8-,9-,11-,12-,13-,14+,15-,16-,17-,18+,19+,20-,21-/m1/s1. The lowest BCUT2D eigenvalue weighted by atomic mass is 9.83. The average molecular weight is 506 g/mol. The second-order valence-corrected chi connectivity index (χ2v) is 8.98. The fraction of sp³-hybridized carbons (Fsp3) is 0.762. The summed E-state index contributed by atoms with van der Waals surface area (Å²) in [6.07, 6.45) is -13.7. The smallest absolute Gasteiger partial charge is 0.211 e. The summed E-state index contributed by atoms with van der Waals surface area (Å²) < 4.78 is 27.9. The van der Waals surface area contributed by atoms with Crippen molar-refractivity contribution in [2.75, 3.05) is 13.2 Å². The van der Waals surface area contributed by atoms with E-state index in [4.69, 9.17) is 23.7 Å². The zero-order valence-electron chi connectivity index (χ0n) is 18.6. The number of carbonyl (C=O) groups excluding carboxylic acids is 1. The molecule has 8 N–H and O–H groups in total. The average Bonchev–Trinajstić information content (AvgIpc) is 3.09. The van der Waals surface area contributed by atoms with Crippen LogP contribution >= 0.6 is 0 Å². The minimum Gasteiger partial charge on any atom is -0.472 e. The molecule has 0 unspecified atom stereocenters. The van der Waals surface area contributed by atoms with Gasteiger partial charge in [-0.3, -0.25) is 4.79 Å². The number of fused-ring (bicyclic) bond motifs is 1. The van der Waals surface area contributed by atoms with E-state index in [0.29, 0.717) is 5.57 Å². The highest BCUT2D eigenvalue weighted by Crippen LogP contribution is 2.46. The third-order valence-electron chi connectivity index (χ3n) is 6.77. The Hall–Kier alpha value is -1.53. The van der Waals surface area contributed by atoms with E-state index in [9.17, 15) is 45.6 Å². The molecule has 3 heterocycles. The van der Waals surface area contributed by atoms with Crippen molar-refractivity contribution < 1.29 is 69.3 Å². The minimum absolute atomic E-state index is 0.415. The Morgan fingerprint density at radius 2 is 1.37 bits per heavy atom. The second-order valence-electron chi connectivity index (χ2n) is 8.98. The summed E-state index contributed by atoms with van der Waals surface area (Å²) in [4.78, 5) is 13.1. The molecule has 4 rings (SSSR count). The van der Waals surface area contributed by atoms with Crippen molar-refractivity contribution in [1.82, 2.24) is 0 Å². The summed E-state index contributed by atoms with van der Waals surface area (Å²) in [5.74, 6) is -1.61. The van der Waals surface area contributed by atoms with Gasteiger partial charge in [0, 0.05) is 0 Å². The van der Waals surface area contributed by atoms with Crippen LogP contribution in [0.1, 0.15) is 6.92 Å². The van der Waals surface area contributed by atoms with Crippen molar-refractivity contribution in [3.63, 3.8) is 0 Å². The molecular weight excluding hydrogens is 476 g/mol. The summed E-state index contributed by atoms with van der Waals surface area (Å²) in [6.45, 7) is 0.197. The first-order valence-electron chi connectivity index (χ1n) is 11.1. The van der Waals surface area contributed by atoms with Crippen molar-refractivity contribution in [3.05, 3.63) is 24.0 Å². The Labute approximate surface area is 199 Å². The summed E-state index contributed by atoms with van der Waals surface area (Å²) in [6, 6.07) is 0. The molecule has 0 radical (unpaired) electrons. The van der Waals surface area contributed by atoms with E-state index >= 15 is 0 Å². The number of carbonyl (C=O) groups is 1. The van der Waals surface area contributed by atoms with Gasteiger partial charge in [-0.15, -0.1) is 0 Å². The van der Waals surface area contributed by atoms with Crippen LogP contribution in [0, 0.1) is 5.92 Å². The quantitative estimate of drug-likeness (QED) is 0.170. The van der Waals surface area contributed by atoms with E-state index < -0.39 is 98.2 Å². The Balaban J connectivity index is 1.58. The predicted octanol–water partition coefficient (Wildman–Crippen LogP) is -4.63. The normalized spacial score (nSPS) is 50.0. The summed E-state index contributed by atoms with van der Waals surface area (Å²) in [7, 11) is 0. The van der Waals surface area contributed by atoms with E-state index in [1.165, 1.54) is 12.2 Å². The van der Waals surface area contributed by atoms with Gasteiger partial charge in [0.2, 0.25) is 6.29 Å². The number of aliphatic hydroxyl groups is 8. The highest BCUT2D eigenvalue weighted by Gasteiger charge is 2.60. The lowest BCUT2D eigenvalue weighted by Crippen LogP contribution is -2.63. The van der Waals surface area contributed by atoms with Gasteiger partial charge in [-0.25, -0.2) is 0 Å². The zero-order chi connectivity index (χ0) is 25.7. The first-order valence-corrected chi connectivity index (χ1v) is 11.1. The molecule has 0 aromatic carbocycles. The maximum atomic E-state index is 13.1. The van der Waals surface area contributed by atoms with Crippen LogP contribution in [0.4, 0.5) is 0 Å². The molecule has 14 heteroatoms. The van der Waals surface area contributed by atoms with E-state index in [2.05, 4.69) is 0 Å². The Bertz CT molecular complexity index is 844. The minimum atomic E-state index is -1.87. The van der Waals surface area contributed by atoms with Gasteiger partial charge in [0.15, 0.2) is 24.0 Å². The van der Waals surface area contributed by atoms with Gasteiger partial charge in [0.05, 0.1) is 25.4 Å². The SMILES string of the molecule is CC1=CC(=O)[C@]2(O[C@H]3O[C@H](CO)[C@@H](O)[C@@H](O)[C@H]3O)C=CO[C@@H](O[C@@H]3O[C@H](CO)[C@@H](O)[C@H](O)[C@H]3O)[C@@H]12. The number of aliphatic hydroxyl groups excluding tert-OH is 8. The first-order chi connectivity index (χ1) is 16.5. The van der Waals surface area contributed by atoms with Crippen molar-refractivity contribution in [3.8, 4) is 0 Å². The summed E-state index contributed by atoms with van der Waals surface area (Å²) in [5.41, 5.74) is -1.45. The number of hydrogen-bond donors (Lipinski definition) is 8. The topological polar surface area (TPSA) is 225 Å². The van der Waals surface area contributed by atoms with E-state index in [1.807, 2.05) is 0 Å². The van der Waals surface area contributed by atoms with Crippen LogP contribution in [-0.4, -0.2) is 133 Å². The fourth-order valence-corrected chi connectivity index (χ4v) is 4.75. The Kier molecular flexibility index (Phi) is 7.64. The molecule has 4 aliphatic rings. The zero-order valence-corrected chi connectivity index (χ0v) is 18.6. The lowest BCUT2D eigenvalue weighted by molar-refractivity contribution is -0.354. The maximum Gasteiger partial charge on any atom is 0.211 e. The highest BCUT2D eigenvalue weighted by molar-refractivity contribution is 6.03. The monoisotopic (exact) mass is 506 g/mol. The number of ether oxygens (including phenoxy) is 5. The van der Waals surface area contributed by atoms with Gasteiger partial charge >= 0.3 is 0 Å². The van der Waals surface area contributed by atoms with E-state index in [1.54, 1.807) is 6.92 Å². The molecule has 0 spiro atoms. The molecule has 2 saturated heterocycles. The van der Waals surface area contributed by atoms with Gasteiger partial charge in [-0.2, -0.15) is 0 Å². The molecule has 13 atom stereocenters. The van der Waals surface area contributed by atoms with Crippen LogP contribution in [-0.2, 0) is 28.5 Å². The van der Waals surface area contributed by atoms with Crippen LogP contribution in [0.25, 0.3) is 0 Å². The molecule has 2 fully saturated rings. The molecule has 1 aliphatic carbocycles. The molecular formula is C21H30O14. The molecule has 14 nitrogen and oxygen atoms in total. The number of rotatable bonds is 6. The lowest BCUT2D eigenvalue weighted by Gasteiger charge is -2.47. The molecule has 0 bridgehead atoms. The summed E-state index contributed by atoms with van der Waals surface area (Å²) >= 11 is 0. The second kappa shape index (κ2) is 10.1. The van der Waals surface area contributed by atoms with Gasteiger partial charge in [0.25, 0.3) is 0 Å². The van der Waals surface area contributed by atoms with Gasteiger partial charge in [-0.05, 0) is 19.1 Å². The van der Waals surface area contributed by atoms with Crippen molar-refractivity contribution in [1.29, 1.82) is 0 Å². The molecule has 0 aromatic rings. The fourth-order valence-electron chi connectivity index (χ4n) is 4.75. The largest absolute Gasteiger partial charge is 0.472 e. The van der Waals surface area contributed by atoms with Crippen molar-refractivity contribution in [2.24, 2.45) is 5.92 Å². The van der Waals surface area contributed by atoms with Crippen LogP contribution in [0.2, 0.25) is 0 Å². The van der Waals surface area contributed by atoms with E-state index in [-0.39, 0.29) is 0 Å². The third kappa shape index (κ3) is 4.43. The van der Waals surface area contributed by atoms with Gasteiger partial charge in [0.1, 0.15) is 48.8 Å². The maximum absolute atomic E-state index is 13.1. The van der Waals surface area contributed by atoms with Crippen molar-refractivity contribution in [2.45, 2.75) is 80.2 Å². The molecule has 0 amide bonds. The van der Waals surface area contributed by atoms with Crippen LogP contribution in [0.3, 0.4) is 0 Å². The van der Waals surface area contributed by atoms with Crippen molar-refractivity contribution >= 4 is 5.78 Å². The van der Waals surface area contributed by atoms with Crippen LogP contribution in [0.5, 0.6) is 0 Å². The van der Waals surface area contributed by atoms with Crippen LogP contribution < -0.4 is 0 Å². The van der Waals surface area contributed by atoms with Crippen LogP contribution in [0.15, 0.2) is 24.0 Å². The Morgan fingerprint density at radius 1 is 0.829 bits per heavy atom. The summed E-state index contributed by atoms with van der Waals surface area (Å²) in [5, 5.41) is 79.7. The van der Waals surface area contributed by atoms with E-state index in [0.717, 1.165) is 6.26 Å². The Morgan fingerprint density at radius 3 is 1.94 bits per heavy atom. The molecule has 198 valence electrons. The molecule has 0 aromatic heterocycles. The van der Waals surface area contributed by atoms with Gasteiger partial charge in [-0.1, -0.05) is 5.57 Å². The molecule has 0 saturated carbocycles. The number of ketones is 1. The molecule has 35 heavy (non-hydrogen) atoms. The van der Waals surface area contributed by atoms with Gasteiger partial charge < -0.3 is 64.5 Å². The highest BCUT2D eigenvalue weighted by atomic mass is 16.8. The third-order valence-corrected chi connectivity index (χ3v) is 6.77. The first kappa shape index (κ1) is 26.5. The number of hydrogen-bond acceptors (Lipinski definition) is 14. The molecule has 3 aliphatic heterocycles. The predicted molar refractivity (Wildman–Crippen MR) is 109 cm³/mol.